The number of esters is 1. The van der Waals surface area contributed by atoms with Gasteiger partial charge in [0, 0.05) is 10.7 Å². The summed E-state index contributed by atoms with van der Waals surface area (Å²) in [5.41, 5.74) is 1.29. The molecule has 0 N–H and O–H groups in total. The van der Waals surface area contributed by atoms with Crippen molar-refractivity contribution < 1.29 is 9.53 Å². The maximum atomic E-state index is 11.8. The average molecular weight is 324 g/mol. The lowest BCUT2D eigenvalue weighted by molar-refractivity contribution is 0.0525. The Kier molecular flexibility index (Phi) is 4.31. The van der Waals surface area contributed by atoms with Gasteiger partial charge in [-0.2, -0.15) is 5.10 Å². The largest absolute Gasteiger partial charge is 0.462 e. The third kappa shape index (κ3) is 2.84. The van der Waals surface area contributed by atoms with E-state index in [1.807, 2.05) is 19.1 Å². The van der Waals surface area contributed by atoms with E-state index in [4.69, 9.17) is 4.74 Å². The topological polar surface area (TPSA) is 57.0 Å². The van der Waals surface area contributed by atoms with Crippen molar-refractivity contribution in [1.82, 2.24) is 14.8 Å². The van der Waals surface area contributed by atoms with Crippen molar-refractivity contribution in [1.29, 1.82) is 0 Å². The van der Waals surface area contributed by atoms with Crippen molar-refractivity contribution in [2.24, 2.45) is 0 Å². The first-order valence-corrected chi connectivity index (χ1v) is 6.82. The quantitative estimate of drug-likeness (QED) is 0.812. The standard InChI is InChI=1S/C13H14BrN3O2/c1-3-11-10(13(18)19-4-2)8-16-17(11)12-6-5-9(14)7-15-12/h5-8H,3-4H2,1-2H3. The Hall–Kier alpha value is -1.69. The van der Waals surface area contributed by atoms with Gasteiger partial charge >= 0.3 is 5.97 Å². The first kappa shape index (κ1) is 13.7. The van der Waals surface area contributed by atoms with Gasteiger partial charge in [-0.05, 0) is 41.4 Å². The van der Waals surface area contributed by atoms with E-state index in [0.29, 0.717) is 24.4 Å². The summed E-state index contributed by atoms with van der Waals surface area (Å²) in [6.45, 7) is 4.10. The van der Waals surface area contributed by atoms with Crippen LogP contribution in [0.25, 0.3) is 5.82 Å². The third-order valence-corrected chi connectivity index (χ3v) is 3.10. The number of rotatable bonds is 4. The van der Waals surface area contributed by atoms with Crippen LogP contribution in [0.1, 0.15) is 29.9 Å². The van der Waals surface area contributed by atoms with E-state index in [9.17, 15) is 4.79 Å². The second kappa shape index (κ2) is 5.97. The Morgan fingerprint density at radius 2 is 2.16 bits per heavy atom. The molecule has 0 spiro atoms. The second-order valence-electron chi connectivity index (χ2n) is 3.83. The smallest absolute Gasteiger partial charge is 0.341 e. The first-order chi connectivity index (χ1) is 9.17. The minimum absolute atomic E-state index is 0.345. The normalized spacial score (nSPS) is 10.5. The number of hydrogen-bond donors (Lipinski definition) is 0. The molecule has 19 heavy (non-hydrogen) atoms. The molecule has 0 amide bonds. The highest BCUT2D eigenvalue weighted by Crippen LogP contribution is 2.17. The van der Waals surface area contributed by atoms with Gasteiger partial charge in [-0.3, -0.25) is 0 Å². The first-order valence-electron chi connectivity index (χ1n) is 6.03. The number of carbonyl (C=O) groups is 1. The number of ether oxygens (including phenoxy) is 1. The van der Waals surface area contributed by atoms with Crippen molar-refractivity contribution in [3.8, 4) is 5.82 Å². The summed E-state index contributed by atoms with van der Waals surface area (Å²) in [5.74, 6) is 0.332. The van der Waals surface area contributed by atoms with E-state index >= 15 is 0 Å². The number of nitrogens with zero attached hydrogens (tertiary/aromatic N) is 3. The highest BCUT2D eigenvalue weighted by Gasteiger charge is 2.18. The molecule has 2 rings (SSSR count). The van der Waals surface area contributed by atoms with Crippen LogP contribution in [0.3, 0.4) is 0 Å². The molecule has 0 fully saturated rings. The molecule has 0 saturated carbocycles. The average Bonchev–Trinajstić information content (AvgIpc) is 2.83. The zero-order chi connectivity index (χ0) is 13.8. The lowest BCUT2D eigenvalue weighted by Crippen LogP contribution is -2.09. The fourth-order valence-corrected chi connectivity index (χ4v) is 2.02. The van der Waals surface area contributed by atoms with Gasteiger partial charge in [-0.1, -0.05) is 6.92 Å². The molecule has 100 valence electrons. The molecule has 0 unspecified atom stereocenters. The molecular formula is C13H14BrN3O2. The molecule has 2 aromatic rings. The maximum Gasteiger partial charge on any atom is 0.341 e. The summed E-state index contributed by atoms with van der Waals surface area (Å²) in [7, 11) is 0. The Morgan fingerprint density at radius 3 is 2.74 bits per heavy atom. The second-order valence-corrected chi connectivity index (χ2v) is 4.74. The molecule has 0 radical (unpaired) electrons. The Morgan fingerprint density at radius 1 is 1.37 bits per heavy atom. The molecule has 0 bridgehead atoms. The number of aromatic nitrogens is 3. The summed E-state index contributed by atoms with van der Waals surface area (Å²) < 4.78 is 7.58. The van der Waals surface area contributed by atoms with Crippen LogP contribution in [-0.2, 0) is 11.2 Å². The molecule has 6 heteroatoms. The number of hydrogen-bond acceptors (Lipinski definition) is 4. The number of carbonyl (C=O) groups excluding carboxylic acids is 1. The molecule has 2 heterocycles. The van der Waals surface area contributed by atoms with Gasteiger partial charge in [0.1, 0.15) is 5.56 Å². The van der Waals surface area contributed by atoms with Crippen LogP contribution in [-0.4, -0.2) is 27.3 Å². The molecule has 0 aliphatic rings. The minimum atomic E-state index is -0.345. The summed E-state index contributed by atoms with van der Waals surface area (Å²) in [6, 6.07) is 3.72. The summed E-state index contributed by atoms with van der Waals surface area (Å²) in [6.07, 6.45) is 3.90. The molecule has 0 aliphatic heterocycles. The Balaban J connectivity index is 2.42. The minimum Gasteiger partial charge on any atom is -0.462 e. The van der Waals surface area contributed by atoms with Crippen molar-refractivity contribution in [3.05, 3.63) is 40.3 Å². The van der Waals surface area contributed by atoms with E-state index in [1.54, 1.807) is 17.8 Å². The molecular weight excluding hydrogens is 310 g/mol. The maximum absolute atomic E-state index is 11.8. The molecule has 0 saturated heterocycles. The zero-order valence-electron chi connectivity index (χ0n) is 10.8. The van der Waals surface area contributed by atoms with Gasteiger partial charge in [-0.15, -0.1) is 0 Å². The molecule has 0 atom stereocenters. The van der Waals surface area contributed by atoms with E-state index in [0.717, 1.165) is 10.2 Å². The van der Waals surface area contributed by atoms with Crippen LogP contribution in [0.2, 0.25) is 0 Å². The van der Waals surface area contributed by atoms with E-state index in [-0.39, 0.29) is 5.97 Å². The summed E-state index contributed by atoms with van der Waals surface area (Å²) >= 11 is 3.34. The SMILES string of the molecule is CCOC(=O)c1cnn(-c2ccc(Br)cn2)c1CC. The number of pyridine rings is 1. The molecule has 5 nitrogen and oxygen atoms in total. The summed E-state index contributed by atoms with van der Waals surface area (Å²) in [5, 5.41) is 4.23. The van der Waals surface area contributed by atoms with Crippen molar-refractivity contribution in [2.45, 2.75) is 20.3 Å². The van der Waals surface area contributed by atoms with Gasteiger partial charge < -0.3 is 4.74 Å². The fourth-order valence-electron chi connectivity index (χ4n) is 1.78. The van der Waals surface area contributed by atoms with Crippen LogP contribution in [0.15, 0.2) is 29.0 Å². The van der Waals surface area contributed by atoms with Crippen molar-refractivity contribution in [3.63, 3.8) is 0 Å². The Bertz CT molecular complexity index is 578. The highest BCUT2D eigenvalue weighted by atomic mass is 79.9. The van der Waals surface area contributed by atoms with Gasteiger partial charge in [0.25, 0.3) is 0 Å². The zero-order valence-corrected chi connectivity index (χ0v) is 12.3. The van der Waals surface area contributed by atoms with Crippen LogP contribution in [0, 0.1) is 0 Å². The predicted molar refractivity (Wildman–Crippen MR) is 74.4 cm³/mol. The highest BCUT2D eigenvalue weighted by molar-refractivity contribution is 9.10. The van der Waals surface area contributed by atoms with Crippen molar-refractivity contribution >= 4 is 21.9 Å². The molecule has 0 aliphatic carbocycles. The van der Waals surface area contributed by atoms with Gasteiger partial charge in [-0.25, -0.2) is 14.5 Å². The van der Waals surface area contributed by atoms with E-state index < -0.39 is 0 Å². The summed E-state index contributed by atoms with van der Waals surface area (Å²) in [4.78, 5) is 16.1. The molecule has 2 aromatic heterocycles. The monoisotopic (exact) mass is 323 g/mol. The van der Waals surface area contributed by atoms with Gasteiger partial charge in [0.05, 0.1) is 18.5 Å². The predicted octanol–water partition coefficient (Wildman–Crippen LogP) is 2.77. The van der Waals surface area contributed by atoms with E-state index in [2.05, 4.69) is 26.0 Å². The van der Waals surface area contributed by atoms with Gasteiger partial charge in [0.2, 0.25) is 0 Å². The lowest BCUT2D eigenvalue weighted by atomic mass is 10.2. The lowest BCUT2D eigenvalue weighted by Gasteiger charge is -2.06. The van der Waals surface area contributed by atoms with E-state index in [1.165, 1.54) is 6.20 Å². The molecule has 0 aromatic carbocycles. The van der Waals surface area contributed by atoms with Crippen LogP contribution in [0.4, 0.5) is 0 Å². The van der Waals surface area contributed by atoms with Crippen molar-refractivity contribution in [2.75, 3.05) is 6.61 Å². The van der Waals surface area contributed by atoms with Crippen LogP contribution < -0.4 is 0 Å². The van der Waals surface area contributed by atoms with Gasteiger partial charge in [0.15, 0.2) is 5.82 Å². The Labute approximate surface area is 119 Å². The van der Waals surface area contributed by atoms with Crippen LogP contribution >= 0.6 is 15.9 Å². The fraction of sp³-hybridized carbons (Fsp3) is 0.308. The number of halogens is 1. The third-order valence-electron chi connectivity index (χ3n) is 2.63. The van der Waals surface area contributed by atoms with Crippen LogP contribution in [0.5, 0.6) is 0 Å².